The molecule has 0 bridgehead atoms. The second kappa shape index (κ2) is 5.86. The number of anilines is 1. The lowest BCUT2D eigenvalue weighted by Gasteiger charge is -2.13. The fourth-order valence-corrected chi connectivity index (χ4v) is 1.80. The van der Waals surface area contributed by atoms with Gasteiger partial charge in [-0.25, -0.2) is 0 Å². The van der Waals surface area contributed by atoms with Gasteiger partial charge in [0.05, 0.1) is 6.20 Å². The van der Waals surface area contributed by atoms with Crippen LogP contribution in [0.1, 0.15) is 19.4 Å². The van der Waals surface area contributed by atoms with Crippen LogP contribution in [-0.4, -0.2) is 27.7 Å². The lowest BCUT2D eigenvalue weighted by Crippen LogP contribution is -2.19. The number of hydrogen-bond acceptors (Lipinski definition) is 4. The molecule has 0 aromatic carbocycles. The third-order valence-electron chi connectivity index (χ3n) is 1.76. The minimum atomic E-state index is 0.441. The van der Waals surface area contributed by atoms with E-state index in [1.807, 2.05) is 24.8 Å². The van der Waals surface area contributed by atoms with E-state index in [4.69, 9.17) is 0 Å². The van der Waals surface area contributed by atoms with Gasteiger partial charge in [0, 0.05) is 11.8 Å². The number of aryl methyl sites for hydroxylation is 1. The maximum absolute atomic E-state index is 4.02. The average Bonchev–Trinajstić information content (AvgIpc) is 2.15. The van der Waals surface area contributed by atoms with Crippen LogP contribution < -0.4 is 5.32 Å². The molecule has 0 fully saturated rings. The molecule has 14 heavy (non-hydrogen) atoms. The van der Waals surface area contributed by atoms with Crippen LogP contribution in [0.2, 0.25) is 0 Å². The van der Waals surface area contributed by atoms with Gasteiger partial charge < -0.3 is 5.32 Å². The first-order chi connectivity index (χ1) is 6.72. The summed E-state index contributed by atoms with van der Waals surface area (Å²) in [6.07, 6.45) is 1.76. The summed E-state index contributed by atoms with van der Waals surface area (Å²) in [6.45, 7) is 6.35. The van der Waals surface area contributed by atoms with Gasteiger partial charge in [-0.15, -0.1) is 5.10 Å². The Morgan fingerprint density at radius 3 is 3.00 bits per heavy atom. The Morgan fingerprint density at radius 1 is 1.57 bits per heavy atom. The zero-order valence-electron chi connectivity index (χ0n) is 8.95. The molecule has 1 atom stereocenters. The van der Waals surface area contributed by atoms with Crippen molar-refractivity contribution in [2.24, 2.45) is 0 Å². The van der Waals surface area contributed by atoms with E-state index in [2.05, 4.69) is 29.4 Å². The van der Waals surface area contributed by atoms with E-state index in [0.717, 1.165) is 22.9 Å². The molecular formula is C10H17N3S. The van der Waals surface area contributed by atoms with Gasteiger partial charge in [0.25, 0.3) is 0 Å². The molecule has 1 heterocycles. The molecule has 0 amide bonds. The van der Waals surface area contributed by atoms with Gasteiger partial charge in [-0.3, -0.25) is 0 Å². The van der Waals surface area contributed by atoms with Crippen molar-refractivity contribution in [1.82, 2.24) is 10.2 Å². The molecule has 3 nitrogen and oxygen atoms in total. The Balaban J connectivity index is 2.43. The minimum absolute atomic E-state index is 0.441. The predicted molar refractivity (Wildman–Crippen MR) is 62.9 cm³/mol. The number of aromatic nitrogens is 2. The highest BCUT2D eigenvalue weighted by molar-refractivity contribution is 7.99. The summed E-state index contributed by atoms with van der Waals surface area (Å²) in [5.41, 5.74) is 1.14. The lowest BCUT2D eigenvalue weighted by atomic mass is 10.3. The maximum Gasteiger partial charge on any atom is 0.149 e. The van der Waals surface area contributed by atoms with Crippen molar-refractivity contribution in [3.63, 3.8) is 0 Å². The minimum Gasteiger partial charge on any atom is -0.365 e. The number of hydrogen-bond donors (Lipinski definition) is 1. The second-order valence-electron chi connectivity index (χ2n) is 3.32. The van der Waals surface area contributed by atoms with E-state index in [0.29, 0.717) is 6.04 Å². The van der Waals surface area contributed by atoms with Gasteiger partial charge in [0.15, 0.2) is 0 Å². The molecule has 1 unspecified atom stereocenters. The monoisotopic (exact) mass is 211 g/mol. The van der Waals surface area contributed by atoms with Crippen molar-refractivity contribution < 1.29 is 0 Å². The SMILES string of the molecule is CCSCC(C)Nc1cc(C)cnn1. The van der Waals surface area contributed by atoms with Gasteiger partial charge in [-0.1, -0.05) is 6.92 Å². The quantitative estimate of drug-likeness (QED) is 0.811. The molecule has 0 aliphatic heterocycles. The molecule has 0 aliphatic rings. The number of nitrogens with zero attached hydrogens (tertiary/aromatic N) is 2. The highest BCUT2D eigenvalue weighted by atomic mass is 32.2. The summed E-state index contributed by atoms with van der Waals surface area (Å²) in [5, 5.41) is 11.2. The van der Waals surface area contributed by atoms with E-state index in [-0.39, 0.29) is 0 Å². The third-order valence-corrected chi connectivity index (χ3v) is 2.90. The molecule has 0 saturated heterocycles. The van der Waals surface area contributed by atoms with E-state index < -0.39 is 0 Å². The van der Waals surface area contributed by atoms with Crippen LogP contribution in [0.5, 0.6) is 0 Å². The second-order valence-corrected chi connectivity index (χ2v) is 4.64. The van der Waals surface area contributed by atoms with Crippen molar-refractivity contribution in [3.05, 3.63) is 17.8 Å². The van der Waals surface area contributed by atoms with Crippen LogP contribution in [0.15, 0.2) is 12.3 Å². The van der Waals surface area contributed by atoms with Gasteiger partial charge >= 0.3 is 0 Å². The van der Waals surface area contributed by atoms with Crippen LogP contribution in [0, 0.1) is 6.92 Å². The first-order valence-electron chi connectivity index (χ1n) is 4.86. The van der Waals surface area contributed by atoms with Crippen molar-refractivity contribution >= 4 is 17.6 Å². The number of thioether (sulfide) groups is 1. The lowest BCUT2D eigenvalue weighted by molar-refractivity contribution is 0.882. The molecular weight excluding hydrogens is 194 g/mol. The normalized spacial score (nSPS) is 12.5. The van der Waals surface area contributed by atoms with Crippen LogP contribution in [-0.2, 0) is 0 Å². The summed E-state index contributed by atoms with van der Waals surface area (Å²) in [4.78, 5) is 0. The molecule has 0 spiro atoms. The molecule has 0 saturated carbocycles. The number of rotatable bonds is 5. The third kappa shape index (κ3) is 3.96. The highest BCUT2D eigenvalue weighted by Gasteiger charge is 2.02. The van der Waals surface area contributed by atoms with Gasteiger partial charge in [-0.2, -0.15) is 16.9 Å². The maximum atomic E-state index is 4.02. The highest BCUT2D eigenvalue weighted by Crippen LogP contribution is 2.08. The summed E-state index contributed by atoms with van der Waals surface area (Å²) in [7, 11) is 0. The molecule has 1 aromatic rings. The Kier molecular flexibility index (Phi) is 4.73. The van der Waals surface area contributed by atoms with Gasteiger partial charge in [0.2, 0.25) is 0 Å². The zero-order chi connectivity index (χ0) is 10.4. The van der Waals surface area contributed by atoms with E-state index in [1.54, 1.807) is 6.20 Å². The van der Waals surface area contributed by atoms with E-state index >= 15 is 0 Å². The molecule has 0 aliphatic carbocycles. The first-order valence-corrected chi connectivity index (χ1v) is 6.01. The van der Waals surface area contributed by atoms with Gasteiger partial charge in [0.1, 0.15) is 5.82 Å². The van der Waals surface area contributed by atoms with Crippen molar-refractivity contribution in [1.29, 1.82) is 0 Å². The topological polar surface area (TPSA) is 37.8 Å². The Hall–Kier alpha value is -0.770. The van der Waals surface area contributed by atoms with E-state index in [1.165, 1.54) is 0 Å². The Bertz CT molecular complexity index is 278. The molecule has 4 heteroatoms. The van der Waals surface area contributed by atoms with Crippen molar-refractivity contribution in [2.45, 2.75) is 26.8 Å². The van der Waals surface area contributed by atoms with Crippen LogP contribution in [0.3, 0.4) is 0 Å². The number of nitrogens with one attached hydrogen (secondary N) is 1. The predicted octanol–water partition coefficient (Wildman–Crippen LogP) is 2.34. The smallest absolute Gasteiger partial charge is 0.149 e. The largest absolute Gasteiger partial charge is 0.365 e. The van der Waals surface area contributed by atoms with E-state index in [9.17, 15) is 0 Å². The zero-order valence-corrected chi connectivity index (χ0v) is 9.77. The first kappa shape index (κ1) is 11.3. The average molecular weight is 211 g/mol. The molecule has 0 radical (unpaired) electrons. The Labute approximate surface area is 89.7 Å². The van der Waals surface area contributed by atoms with Crippen LogP contribution in [0.25, 0.3) is 0 Å². The standard InChI is InChI=1S/C10H17N3S/c1-4-14-7-9(3)12-10-5-8(2)6-11-13-10/h5-6,9H,4,7H2,1-3H3,(H,12,13). The fourth-order valence-electron chi connectivity index (χ4n) is 1.12. The fraction of sp³-hybridized carbons (Fsp3) is 0.600. The molecule has 1 N–H and O–H groups in total. The van der Waals surface area contributed by atoms with Crippen LogP contribution in [0.4, 0.5) is 5.82 Å². The Morgan fingerprint density at radius 2 is 2.36 bits per heavy atom. The van der Waals surface area contributed by atoms with Crippen molar-refractivity contribution in [3.8, 4) is 0 Å². The van der Waals surface area contributed by atoms with Crippen LogP contribution >= 0.6 is 11.8 Å². The summed E-state index contributed by atoms with van der Waals surface area (Å²) >= 11 is 1.93. The summed E-state index contributed by atoms with van der Waals surface area (Å²) < 4.78 is 0. The summed E-state index contributed by atoms with van der Waals surface area (Å²) in [6, 6.07) is 2.45. The molecule has 1 rings (SSSR count). The molecule has 1 aromatic heterocycles. The molecule has 78 valence electrons. The van der Waals surface area contributed by atoms with Gasteiger partial charge in [-0.05, 0) is 31.2 Å². The summed E-state index contributed by atoms with van der Waals surface area (Å²) in [5.74, 6) is 3.13. The van der Waals surface area contributed by atoms with Crippen molar-refractivity contribution in [2.75, 3.05) is 16.8 Å².